The van der Waals surface area contributed by atoms with Crippen LogP contribution in [0.5, 0.6) is 5.75 Å². The summed E-state index contributed by atoms with van der Waals surface area (Å²) in [6, 6.07) is 9.49. The number of ether oxygens (including phenoxy) is 1. The van der Waals surface area contributed by atoms with E-state index in [0.717, 1.165) is 23.1 Å². The first kappa shape index (κ1) is 12.3. The van der Waals surface area contributed by atoms with Crippen LogP contribution in [0, 0.1) is 0 Å². The molecule has 0 aliphatic carbocycles. The number of methoxy groups -OCH3 is 1. The summed E-state index contributed by atoms with van der Waals surface area (Å²) in [6.07, 6.45) is 2.40. The molecule has 0 unspecified atom stereocenters. The fraction of sp³-hybridized carbons (Fsp3) is 0.231. The van der Waals surface area contributed by atoms with E-state index in [1.165, 1.54) is 0 Å². The first-order valence-corrected chi connectivity index (χ1v) is 5.75. The van der Waals surface area contributed by atoms with Gasteiger partial charge >= 0.3 is 0 Å². The van der Waals surface area contributed by atoms with Crippen molar-refractivity contribution in [2.24, 2.45) is 5.73 Å². The maximum Gasteiger partial charge on any atom is 0.134 e. The highest BCUT2D eigenvalue weighted by atomic mass is 16.5. The van der Waals surface area contributed by atoms with Crippen LogP contribution in [0.1, 0.15) is 5.82 Å². The number of nitrogens with zero attached hydrogens (tertiary/aromatic N) is 2. The molecule has 3 N–H and O–H groups in total. The number of anilines is 2. The van der Waals surface area contributed by atoms with E-state index in [0.29, 0.717) is 13.0 Å². The summed E-state index contributed by atoms with van der Waals surface area (Å²) in [5, 5.41) is 3.21. The third-order valence-corrected chi connectivity index (χ3v) is 2.42. The Hall–Kier alpha value is -2.14. The van der Waals surface area contributed by atoms with Gasteiger partial charge in [-0.25, -0.2) is 9.97 Å². The minimum atomic E-state index is 0.544. The highest BCUT2D eigenvalue weighted by molar-refractivity contribution is 5.57. The van der Waals surface area contributed by atoms with Gasteiger partial charge in [-0.1, -0.05) is 6.07 Å². The highest BCUT2D eigenvalue weighted by Crippen LogP contribution is 2.19. The Morgan fingerprint density at radius 1 is 1.33 bits per heavy atom. The molecular weight excluding hydrogens is 228 g/mol. The predicted octanol–water partition coefficient (Wildman–Crippen LogP) is 1.73. The summed E-state index contributed by atoms with van der Waals surface area (Å²) in [7, 11) is 1.64. The summed E-state index contributed by atoms with van der Waals surface area (Å²) in [5.41, 5.74) is 6.41. The van der Waals surface area contributed by atoms with E-state index in [1.54, 1.807) is 13.3 Å². The molecule has 0 spiro atoms. The molecule has 0 aliphatic heterocycles. The topological polar surface area (TPSA) is 73.1 Å². The zero-order valence-corrected chi connectivity index (χ0v) is 10.3. The Bertz CT molecular complexity index is 516. The number of aromatic nitrogens is 2. The average molecular weight is 244 g/mol. The Kier molecular flexibility index (Phi) is 4.09. The molecule has 2 aromatic rings. The van der Waals surface area contributed by atoms with Gasteiger partial charge in [0.05, 0.1) is 7.11 Å². The van der Waals surface area contributed by atoms with Crippen molar-refractivity contribution in [2.45, 2.75) is 6.42 Å². The maximum absolute atomic E-state index is 5.48. The van der Waals surface area contributed by atoms with Gasteiger partial charge in [-0.15, -0.1) is 0 Å². The molecule has 0 saturated heterocycles. The molecule has 94 valence electrons. The highest BCUT2D eigenvalue weighted by Gasteiger charge is 2.00. The first-order valence-electron chi connectivity index (χ1n) is 5.75. The molecule has 0 bridgehead atoms. The third kappa shape index (κ3) is 3.18. The Labute approximate surface area is 106 Å². The third-order valence-electron chi connectivity index (χ3n) is 2.42. The lowest BCUT2D eigenvalue weighted by atomic mass is 10.3. The van der Waals surface area contributed by atoms with Gasteiger partial charge in [0.15, 0.2) is 0 Å². The molecule has 5 nitrogen and oxygen atoms in total. The van der Waals surface area contributed by atoms with Crippen molar-refractivity contribution in [3.63, 3.8) is 0 Å². The minimum absolute atomic E-state index is 0.544. The van der Waals surface area contributed by atoms with Crippen LogP contribution in [0.3, 0.4) is 0 Å². The number of hydrogen-bond donors (Lipinski definition) is 2. The second kappa shape index (κ2) is 5.97. The fourth-order valence-electron chi connectivity index (χ4n) is 1.57. The zero-order chi connectivity index (χ0) is 12.8. The lowest BCUT2D eigenvalue weighted by Crippen LogP contribution is -2.07. The van der Waals surface area contributed by atoms with Gasteiger partial charge in [-0.05, 0) is 24.7 Å². The number of benzene rings is 1. The molecule has 1 aromatic heterocycles. The second-order valence-corrected chi connectivity index (χ2v) is 3.75. The molecule has 1 heterocycles. The summed E-state index contributed by atoms with van der Waals surface area (Å²) < 4.78 is 5.17. The van der Waals surface area contributed by atoms with Crippen LogP contribution in [-0.2, 0) is 6.42 Å². The normalized spacial score (nSPS) is 10.1. The van der Waals surface area contributed by atoms with Gasteiger partial charge in [0.1, 0.15) is 17.4 Å². The molecule has 0 radical (unpaired) electrons. The monoisotopic (exact) mass is 244 g/mol. The molecule has 18 heavy (non-hydrogen) atoms. The Morgan fingerprint density at radius 2 is 2.22 bits per heavy atom. The van der Waals surface area contributed by atoms with E-state index in [9.17, 15) is 0 Å². The van der Waals surface area contributed by atoms with E-state index < -0.39 is 0 Å². The second-order valence-electron chi connectivity index (χ2n) is 3.75. The largest absolute Gasteiger partial charge is 0.497 e. The molecule has 2 rings (SSSR count). The van der Waals surface area contributed by atoms with Crippen molar-refractivity contribution < 1.29 is 4.74 Å². The summed E-state index contributed by atoms with van der Waals surface area (Å²) in [6.45, 7) is 0.544. The molecule has 0 aliphatic rings. The zero-order valence-electron chi connectivity index (χ0n) is 10.3. The van der Waals surface area contributed by atoms with Crippen molar-refractivity contribution in [1.82, 2.24) is 9.97 Å². The lowest BCUT2D eigenvalue weighted by molar-refractivity contribution is 0.415. The van der Waals surface area contributed by atoms with E-state index in [1.807, 2.05) is 30.3 Å². The molecule has 1 aromatic carbocycles. The van der Waals surface area contributed by atoms with Crippen LogP contribution >= 0.6 is 0 Å². The molecule has 0 saturated carbocycles. The first-order chi connectivity index (χ1) is 8.81. The Balaban J connectivity index is 2.14. The van der Waals surface area contributed by atoms with Crippen molar-refractivity contribution >= 4 is 11.5 Å². The molecule has 0 fully saturated rings. The van der Waals surface area contributed by atoms with Crippen LogP contribution in [0.25, 0.3) is 0 Å². The quantitative estimate of drug-likeness (QED) is 0.838. The van der Waals surface area contributed by atoms with Crippen LogP contribution < -0.4 is 15.8 Å². The van der Waals surface area contributed by atoms with E-state index in [4.69, 9.17) is 10.5 Å². The van der Waals surface area contributed by atoms with Gasteiger partial charge < -0.3 is 15.8 Å². The number of nitrogens with one attached hydrogen (secondary N) is 1. The summed E-state index contributed by atoms with van der Waals surface area (Å²) >= 11 is 0. The van der Waals surface area contributed by atoms with E-state index in [-0.39, 0.29) is 0 Å². The molecule has 0 amide bonds. The minimum Gasteiger partial charge on any atom is -0.497 e. The maximum atomic E-state index is 5.48. The van der Waals surface area contributed by atoms with Crippen LogP contribution in [0.4, 0.5) is 11.5 Å². The van der Waals surface area contributed by atoms with E-state index in [2.05, 4.69) is 15.3 Å². The van der Waals surface area contributed by atoms with Crippen molar-refractivity contribution in [1.29, 1.82) is 0 Å². The van der Waals surface area contributed by atoms with Crippen molar-refractivity contribution in [2.75, 3.05) is 19.0 Å². The van der Waals surface area contributed by atoms with Gasteiger partial charge in [0.25, 0.3) is 0 Å². The van der Waals surface area contributed by atoms with Crippen LogP contribution in [-0.4, -0.2) is 23.6 Å². The number of hydrogen-bond acceptors (Lipinski definition) is 5. The standard InChI is InChI=1S/C13H16N4O/c1-18-11-4-2-3-10(9-11)16-13-6-8-15-12(17-13)5-7-14/h2-4,6,8-9H,5,7,14H2,1H3,(H,15,16,17). The number of rotatable bonds is 5. The smallest absolute Gasteiger partial charge is 0.134 e. The van der Waals surface area contributed by atoms with E-state index >= 15 is 0 Å². The molecule has 5 heteroatoms. The lowest BCUT2D eigenvalue weighted by Gasteiger charge is -2.08. The van der Waals surface area contributed by atoms with Gasteiger partial charge in [-0.3, -0.25) is 0 Å². The van der Waals surface area contributed by atoms with Gasteiger partial charge in [0, 0.05) is 24.4 Å². The predicted molar refractivity (Wildman–Crippen MR) is 71.1 cm³/mol. The fourth-order valence-corrected chi connectivity index (χ4v) is 1.57. The van der Waals surface area contributed by atoms with Gasteiger partial charge in [0.2, 0.25) is 0 Å². The summed E-state index contributed by atoms with van der Waals surface area (Å²) in [4.78, 5) is 8.52. The molecule has 0 atom stereocenters. The SMILES string of the molecule is COc1cccc(Nc2ccnc(CCN)n2)c1. The van der Waals surface area contributed by atoms with Crippen molar-refractivity contribution in [3.05, 3.63) is 42.4 Å². The van der Waals surface area contributed by atoms with Crippen LogP contribution in [0.15, 0.2) is 36.5 Å². The van der Waals surface area contributed by atoms with Crippen LogP contribution in [0.2, 0.25) is 0 Å². The Morgan fingerprint density at radius 3 is 3.00 bits per heavy atom. The average Bonchev–Trinajstić information content (AvgIpc) is 2.40. The number of nitrogens with two attached hydrogens (primary N) is 1. The van der Waals surface area contributed by atoms with Gasteiger partial charge in [-0.2, -0.15) is 0 Å². The summed E-state index contributed by atoms with van der Waals surface area (Å²) in [5.74, 6) is 2.29. The molecular formula is C13H16N4O. The van der Waals surface area contributed by atoms with Crippen molar-refractivity contribution in [3.8, 4) is 5.75 Å².